The second-order valence-corrected chi connectivity index (χ2v) is 3.21. The van der Waals surface area contributed by atoms with Crippen molar-refractivity contribution in [3.63, 3.8) is 0 Å². The van der Waals surface area contributed by atoms with Gasteiger partial charge in [0.15, 0.2) is 0 Å². The molecule has 0 saturated carbocycles. The topological polar surface area (TPSA) is 26.3 Å². The van der Waals surface area contributed by atoms with Gasteiger partial charge < -0.3 is 4.74 Å². The molecule has 0 aromatic rings. The summed E-state index contributed by atoms with van der Waals surface area (Å²) < 4.78 is 5.10. The van der Waals surface area contributed by atoms with Crippen molar-refractivity contribution in [3.05, 3.63) is 12.2 Å². The Balaban J connectivity index is 2.38. The molecular formula is C10H16O2. The summed E-state index contributed by atoms with van der Waals surface area (Å²) in [5.41, 5.74) is 0. The van der Waals surface area contributed by atoms with Crippen LogP contribution in [-0.4, -0.2) is 12.1 Å². The van der Waals surface area contributed by atoms with Gasteiger partial charge in [0.25, 0.3) is 0 Å². The summed E-state index contributed by atoms with van der Waals surface area (Å²) in [6, 6.07) is 0. The molecule has 1 aliphatic rings. The first-order valence-electron chi connectivity index (χ1n) is 4.63. The Labute approximate surface area is 73.6 Å². The van der Waals surface area contributed by atoms with Crippen molar-refractivity contribution < 1.29 is 9.53 Å². The Kier molecular flexibility index (Phi) is 3.85. The fourth-order valence-corrected chi connectivity index (χ4v) is 1.44. The molecule has 1 atom stereocenters. The van der Waals surface area contributed by atoms with E-state index in [1.54, 1.807) is 0 Å². The maximum absolute atomic E-state index is 10.7. The van der Waals surface area contributed by atoms with Crippen molar-refractivity contribution in [2.24, 2.45) is 0 Å². The number of esters is 1. The third-order valence-electron chi connectivity index (χ3n) is 2.03. The van der Waals surface area contributed by atoms with Gasteiger partial charge in [0.05, 0.1) is 0 Å². The van der Waals surface area contributed by atoms with Crippen molar-refractivity contribution in [2.75, 3.05) is 0 Å². The maximum Gasteiger partial charge on any atom is 0.303 e. The Hall–Kier alpha value is -0.790. The zero-order valence-electron chi connectivity index (χ0n) is 7.58. The van der Waals surface area contributed by atoms with E-state index in [-0.39, 0.29) is 12.1 Å². The van der Waals surface area contributed by atoms with Gasteiger partial charge in [-0.25, -0.2) is 0 Å². The van der Waals surface area contributed by atoms with Crippen LogP contribution in [0.15, 0.2) is 12.2 Å². The number of rotatable bonds is 1. The van der Waals surface area contributed by atoms with Gasteiger partial charge in [0, 0.05) is 6.92 Å². The van der Waals surface area contributed by atoms with Gasteiger partial charge >= 0.3 is 5.97 Å². The van der Waals surface area contributed by atoms with Crippen LogP contribution in [0.5, 0.6) is 0 Å². The molecule has 0 bridgehead atoms. The van der Waals surface area contributed by atoms with E-state index in [9.17, 15) is 4.79 Å². The highest BCUT2D eigenvalue weighted by atomic mass is 16.5. The van der Waals surface area contributed by atoms with E-state index in [0.717, 1.165) is 12.8 Å². The van der Waals surface area contributed by atoms with Crippen molar-refractivity contribution in [1.29, 1.82) is 0 Å². The third kappa shape index (κ3) is 3.56. The zero-order valence-corrected chi connectivity index (χ0v) is 7.58. The number of ether oxygens (including phenoxy) is 1. The summed E-state index contributed by atoms with van der Waals surface area (Å²) in [5.74, 6) is -0.176. The van der Waals surface area contributed by atoms with Crippen LogP contribution in [-0.2, 0) is 9.53 Å². The van der Waals surface area contributed by atoms with Crippen LogP contribution in [0.4, 0.5) is 0 Å². The average molecular weight is 168 g/mol. The Morgan fingerprint density at radius 2 is 2.25 bits per heavy atom. The molecule has 0 fully saturated rings. The van der Waals surface area contributed by atoms with Gasteiger partial charge in [-0.3, -0.25) is 4.79 Å². The molecule has 0 N–H and O–H groups in total. The van der Waals surface area contributed by atoms with Gasteiger partial charge in [0.1, 0.15) is 6.10 Å². The van der Waals surface area contributed by atoms with Gasteiger partial charge in [-0.2, -0.15) is 0 Å². The number of hydrogen-bond donors (Lipinski definition) is 0. The lowest BCUT2D eigenvalue weighted by atomic mass is 10.0. The Morgan fingerprint density at radius 1 is 1.42 bits per heavy atom. The molecule has 0 aromatic heterocycles. The van der Waals surface area contributed by atoms with Crippen LogP contribution in [0.3, 0.4) is 0 Å². The summed E-state index contributed by atoms with van der Waals surface area (Å²) in [7, 11) is 0. The van der Waals surface area contributed by atoms with Crippen molar-refractivity contribution in [3.8, 4) is 0 Å². The van der Waals surface area contributed by atoms with Gasteiger partial charge in [-0.05, 0) is 31.8 Å². The quantitative estimate of drug-likeness (QED) is 0.444. The van der Waals surface area contributed by atoms with Crippen LogP contribution in [0, 0.1) is 0 Å². The average Bonchev–Trinajstić information content (AvgIpc) is 1.93. The minimum atomic E-state index is -0.176. The lowest BCUT2D eigenvalue weighted by Crippen LogP contribution is -2.14. The second-order valence-electron chi connectivity index (χ2n) is 3.21. The highest BCUT2D eigenvalue weighted by Gasteiger charge is 2.08. The van der Waals surface area contributed by atoms with E-state index >= 15 is 0 Å². The number of carbonyl (C=O) groups excluding carboxylic acids is 1. The molecule has 2 heteroatoms. The fourth-order valence-electron chi connectivity index (χ4n) is 1.44. The van der Waals surface area contributed by atoms with Crippen molar-refractivity contribution in [1.82, 2.24) is 0 Å². The third-order valence-corrected chi connectivity index (χ3v) is 2.03. The van der Waals surface area contributed by atoms with E-state index in [4.69, 9.17) is 4.74 Å². The number of hydrogen-bond acceptors (Lipinski definition) is 2. The lowest BCUT2D eigenvalue weighted by Gasteiger charge is -2.14. The maximum atomic E-state index is 10.7. The molecular weight excluding hydrogens is 152 g/mol. The molecule has 68 valence electrons. The summed E-state index contributed by atoms with van der Waals surface area (Å²) >= 11 is 0. The first-order valence-corrected chi connectivity index (χ1v) is 4.63. The van der Waals surface area contributed by atoms with Crippen LogP contribution in [0.1, 0.15) is 39.0 Å². The molecule has 0 spiro atoms. The summed E-state index contributed by atoms with van der Waals surface area (Å²) in [4.78, 5) is 10.7. The summed E-state index contributed by atoms with van der Waals surface area (Å²) in [6.45, 7) is 1.46. The number of allylic oxidation sites excluding steroid dienone is 1. The first kappa shape index (κ1) is 9.30. The Morgan fingerprint density at radius 3 is 3.00 bits per heavy atom. The smallest absolute Gasteiger partial charge is 0.303 e. The molecule has 0 amide bonds. The normalized spacial score (nSPS) is 26.9. The molecule has 0 aromatic carbocycles. The monoisotopic (exact) mass is 168 g/mol. The van der Waals surface area contributed by atoms with Gasteiger partial charge in [-0.1, -0.05) is 12.5 Å². The van der Waals surface area contributed by atoms with Crippen LogP contribution in [0.2, 0.25) is 0 Å². The van der Waals surface area contributed by atoms with E-state index < -0.39 is 0 Å². The number of carbonyl (C=O) groups is 1. The fraction of sp³-hybridized carbons (Fsp3) is 0.700. The van der Waals surface area contributed by atoms with Gasteiger partial charge in [-0.15, -0.1) is 0 Å². The highest BCUT2D eigenvalue weighted by molar-refractivity contribution is 5.66. The molecule has 1 aliphatic carbocycles. The first-order chi connectivity index (χ1) is 5.79. The van der Waals surface area contributed by atoms with Gasteiger partial charge in [0.2, 0.25) is 0 Å². The van der Waals surface area contributed by atoms with Crippen molar-refractivity contribution >= 4 is 5.97 Å². The molecule has 2 nitrogen and oxygen atoms in total. The molecule has 1 unspecified atom stereocenters. The zero-order chi connectivity index (χ0) is 8.81. The van der Waals surface area contributed by atoms with Crippen LogP contribution >= 0.6 is 0 Å². The largest absolute Gasteiger partial charge is 0.458 e. The van der Waals surface area contributed by atoms with Crippen LogP contribution < -0.4 is 0 Å². The van der Waals surface area contributed by atoms with Crippen molar-refractivity contribution in [2.45, 2.75) is 45.1 Å². The van der Waals surface area contributed by atoms with E-state index in [1.807, 2.05) is 6.08 Å². The molecule has 0 saturated heterocycles. The lowest BCUT2D eigenvalue weighted by molar-refractivity contribution is -0.144. The summed E-state index contributed by atoms with van der Waals surface area (Å²) in [5, 5.41) is 0. The predicted octanol–water partition coefficient (Wildman–Crippen LogP) is 2.44. The molecule has 1 rings (SSSR count). The minimum absolute atomic E-state index is 0.0304. The predicted molar refractivity (Wildman–Crippen MR) is 47.8 cm³/mol. The molecule has 0 aliphatic heterocycles. The van der Waals surface area contributed by atoms with Crippen LogP contribution in [0.25, 0.3) is 0 Å². The van der Waals surface area contributed by atoms with E-state index in [1.165, 1.54) is 26.2 Å². The standard InChI is InChI=1S/C10H16O2/c1-9(11)12-10-7-5-3-2-4-6-8-10/h5,7,10H,2-4,6,8H2,1H3/b7-5-. The molecule has 0 radical (unpaired) electrons. The van der Waals surface area contributed by atoms with E-state index in [0.29, 0.717) is 0 Å². The Bertz CT molecular complexity index is 173. The summed E-state index contributed by atoms with van der Waals surface area (Å²) in [6.07, 6.45) is 9.96. The van der Waals surface area contributed by atoms with E-state index in [2.05, 4.69) is 6.08 Å². The molecule has 0 heterocycles. The second kappa shape index (κ2) is 4.96. The SMILES string of the molecule is CC(=O)OC1/C=C\CCCCC1. The highest BCUT2D eigenvalue weighted by Crippen LogP contribution is 2.13. The minimum Gasteiger partial charge on any atom is -0.458 e. The molecule has 12 heavy (non-hydrogen) atoms.